The molecule has 0 bridgehead atoms. The average molecular weight is 296 g/mol. The van der Waals surface area contributed by atoms with Crippen LogP contribution in [0.25, 0.3) is 0 Å². The van der Waals surface area contributed by atoms with Crippen molar-refractivity contribution in [2.75, 3.05) is 30.5 Å². The number of hydrogen-bond acceptors (Lipinski definition) is 8. The number of rotatable bonds is 7. The molecule has 1 aromatic heterocycles. The van der Waals surface area contributed by atoms with Gasteiger partial charge in [-0.2, -0.15) is 15.0 Å². The molecule has 2 rings (SSSR count). The Balaban J connectivity index is 2.12. The fourth-order valence-corrected chi connectivity index (χ4v) is 2.54. The first-order valence-electron chi connectivity index (χ1n) is 7.35. The topological polar surface area (TPSA) is 109 Å². The predicted octanol–water partition coefficient (Wildman–Crippen LogP) is 0.687. The summed E-state index contributed by atoms with van der Waals surface area (Å²) in [6, 6.07) is 0.236. The Morgan fingerprint density at radius 1 is 1.33 bits per heavy atom. The number of likely N-dealkylation sites (N-methyl/N-ethyl adjacent to an activating group) is 1. The number of nitrogens with one attached hydrogen (secondary N) is 1. The summed E-state index contributed by atoms with van der Waals surface area (Å²) in [4.78, 5) is 14.3. The van der Waals surface area contributed by atoms with Crippen molar-refractivity contribution in [3.63, 3.8) is 0 Å². The van der Waals surface area contributed by atoms with Crippen molar-refractivity contribution in [1.29, 1.82) is 0 Å². The third-order valence-electron chi connectivity index (χ3n) is 3.57. The summed E-state index contributed by atoms with van der Waals surface area (Å²) in [5.41, 5.74) is 1.75. The molecule has 0 aromatic carbocycles. The highest BCUT2D eigenvalue weighted by atomic mass is 16.5. The summed E-state index contributed by atoms with van der Waals surface area (Å²) in [6.45, 7) is 3.02. The van der Waals surface area contributed by atoms with E-state index in [9.17, 15) is 5.11 Å². The molecule has 1 fully saturated rings. The molecular formula is C13H24N6O2. The Kier molecular flexibility index (Phi) is 5.13. The van der Waals surface area contributed by atoms with Crippen LogP contribution >= 0.6 is 0 Å². The molecule has 0 aliphatic heterocycles. The van der Waals surface area contributed by atoms with Gasteiger partial charge < -0.3 is 14.7 Å². The van der Waals surface area contributed by atoms with Crippen LogP contribution in [-0.4, -0.2) is 45.9 Å². The van der Waals surface area contributed by atoms with Crippen LogP contribution in [0, 0.1) is 0 Å². The van der Waals surface area contributed by atoms with Crippen molar-refractivity contribution in [2.24, 2.45) is 5.84 Å². The molecule has 0 radical (unpaired) electrons. The average Bonchev–Trinajstić information content (AvgIpc) is 2.91. The second-order valence-corrected chi connectivity index (χ2v) is 5.52. The fraction of sp³-hybridized carbons (Fsp3) is 0.769. The van der Waals surface area contributed by atoms with Crippen LogP contribution in [0.3, 0.4) is 0 Å². The van der Waals surface area contributed by atoms with Gasteiger partial charge in [-0.1, -0.05) is 19.8 Å². The summed E-state index contributed by atoms with van der Waals surface area (Å²) in [5.74, 6) is 6.06. The van der Waals surface area contributed by atoms with E-state index in [0.29, 0.717) is 19.1 Å². The maximum absolute atomic E-state index is 10.5. The molecule has 4 N–H and O–H groups in total. The standard InChI is InChI=1S/C13H24N6O2/c1-3-8-21-12-16-10(18-14)15-11(17-12)19(2)9-13(20)6-4-5-7-13/h20H,3-9,14H2,1-2H3,(H,15,16,17,18). The minimum Gasteiger partial charge on any atom is -0.463 e. The Morgan fingerprint density at radius 2 is 2.05 bits per heavy atom. The molecule has 1 aromatic rings. The lowest BCUT2D eigenvalue weighted by Crippen LogP contribution is -2.40. The maximum atomic E-state index is 10.5. The highest BCUT2D eigenvalue weighted by Crippen LogP contribution is 2.30. The quantitative estimate of drug-likeness (QED) is 0.498. The minimum absolute atomic E-state index is 0.236. The highest BCUT2D eigenvalue weighted by Gasteiger charge is 2.33. The van der Waals surface area contributed by atoms with Crippen molar-refractivity contribution in [1.82, 2.24) is 15.0 Å². The zero-order valence-corrected chi connectivity index (χ0v) is 12.7. The molecule has 1 heterocycles. The maximum Gasteiger partial charge on any atom is 0.323 e. The normalized spacial score (nSPS) is 16.8. The summed E-state index contributed by atoms with van der Waals surface area (Å²) in [6.07, 6.45) is 4.60. The van der Waals surface area contributed by atoms with Crippen LogP contribution in [0.15, 0.2) is 0 Å². The number of hydrogen-bond donors (Lipinski definition) is 3. The summed E-state index contributed by atoms with van der Waals surface area (Å²) >= 11 is 0. The SMILES string of the molecule is CCCOc1nc(NN)nc(N(C)CC2(O)CCCC2)n1. The van der Waals surface area contributed by atoms with Crippen LogP contribution in [0.2, 0.25) is 0 Å². The highest BCUT2D eigenvalue weighted by molar-refractivity contribution is 5.37. The van der Waals surface area contributed by atoms with Gasteiger partial charge in [-0.15, -0.1) is 0 Å². The second-order valence-electron chi connectivity index (χ2n) is 5.52. The molecule has 0 atom stereocenters. The molecule has 21 heavy (non-hydrogen) atoms. The zero-order chi connectivity index (χ0) is 15.3. The van der Waals surface area contributed by atoms with Crippen LogP contribution in [0.4, 0.5) is 11.9 Å². The van der Waals surface area contributed by atoms with Gasteiger partial charge in [-0.05, 0) is 19.3 Å². The van der Waals surface area contributed by atoms with E-state index in [0.717, 1.165) is 32.1 Å². The zero-order valence-electron chi connectivity index (χ0n) is 12.7. The van der Waals surface area contributed by atoms with Gasteiger partial charge in [0.25, 0.3) is 0 Å². The van der Waals surface area contributed by atoms with Crippen LogP contribution in [0.5, 0.6) is 6.01 Å². The first-order chi connectivity index (χ1) is 10.1. The van der Waals surface area contributed by atoms with Gasteiger partial charge in [-0.3, -0.25) is 5.43 Å². The molecule has 0 amide bonds. The lowest BCUT2D eigenvalue weighted by molar-refractivity contribution is 0.0556. The van der Waals surface area contributed by atoms with Crippen molar-refractivity contribution in [3.05, 3.63) is 0 Å². The monoisotopic (exact) mass is 296 g/mol. The molecular weight excluding hydrogens is 272 g/mol. The number of aliphatic hydroxyl groups is 1. The van der Waals surface area contributed by atoms with Crippen molar-refractivity contribution < 1.29 is 9.84 Å². The first kappa shape index (κ1) is 15.7. The van der Waals surface area contributed by atoms with E-state index in [4.69, 9.17) is 10.6 Å². The summed E-state index contributed by atoms with van der Waals surface area (Å²) < 4.78 is 5.44. The van der Waals surface area contributed by atoms with Gasteiger partial charge >= 0.3 is 6.01 Å². The molecule has 1 saturated carbocycles. The Hall–Kier alpha value is -1.67. The number of nitrogens with zero attached hydrogens (tertiary/aromatic N) is 4. The van der Waals surface area contributed by atoms with Gasteiger partial charge in [0.05, 0.1) is 12.2 Å². The number of aromatic nitrogens is 3. The molecule has 8 nitrogen and oxygen atoms in total. The summed E-state index contributed by atoms with van der Waals surface area (Å²) in [5, 5.41) is 10.5. The van der Waals surface area contributed by atoms with Crippen molar-refractivity contribution in [2.45, 2.75) is 44.6 Å². The molecule has 0 spiro atoms. The van der Waals surface area contributed by atoms with Gasteiger partial charge in [0.15, 0.2) is 0 Å². The molecule has 118 valence electrons. The Labute approximate surface area is 124 Å². The number of nitrogen functional groups attached to an aromatic ring is 1. The lowest BCUT2D eigenvalue weighted by atomic mass is 10.0. The molecule has 1 aliphatic rings. The van der Waals surface area contributed by atoms with Crippen LogP contribution < -0.4 is 20.9 Å². The van der Waals surface area contributed by atoms with Crippen molar-refractivity contribution in [3.8, 4) is 6.01 Å². The molecule has 8 heteroatoms. The second kappa shape index (κ2) is 6.86. The van der Waals surface area contributed by atoms with E-state index < -0.39 is 5.60 Å². The number of hydrazine groups is 1. The Bertz CT molecular complexity index is 464. The predicted molar refractivity (Wildman–Crippen MR) is 80.1 cm³/mol. The fourth-order valence-electron chi connectivity index (χ4n) is 2.54. The van der Waals surface area contributed by atoms with Crippen molar-refractivity contribution >= 4 is 11.9 Å². The smallest absolute Gasteiger partial charge is 0.323 e. The Morgan fingerprint density at radius 3 is 2.67 bits per heavy atom. The lowest BCUT2D eigenvalue weighted by Gasteiger charge is -2.28. The number of nitrogens with two attached hydrogens (primary N) is 1. The molecule has 1 aliphatic carbocycles. The van der Waals surface area contributed by atoms with E-state index in [-0.39, 0.29) is 12.0 Å². The third kappa shape index (κ3) is 4.15. The van der Waals surface area contributed by atoms with E-state index in [1.807, 2.05) is 18.9 Å². The van der Waals surface area contributed by atoms with E-state index in [2.05, 4.69) is 20.4 Å². The van der Waals surface area contributed by atoms with Gasteiger partial charge in [-0.25, -0.2) is 5.84 Å². The minimum atomic E-state index is -0.665. The largest absolute Gasteiger partial charge is 0.463 e. The molecule has 0 unspecified atom stereocenters. The number of ether oxygens (including phenoxy) is 1. The number of anilines is 2. The van der Waals surface area contributed by atoms with E-state index >= 15 is 0 Å². The van der Waals surface area contributed by atoms with E-state index in [1.165, 1.54) is 0 Å². The van der Waals surface area contributed by atoms with Gasteiger partial charge in [0.1, 0.15) is 0 Å². The van der Waals surface area contributed by atoms with Gasteiger partial charge in [0.2, 0.25) is 11.9 Å². The summed E-state index contributed by atoms with van der Waals surface area (Å²) in [7, 11) is 1.84. The first-order valence-corrected chi connectivity index (χ1v) is 7.35. The van der Waals surface area contributed by atoms with Crippen LogP contribution in [0.1, 0.15) is 39.0 Å². The molecule has 0 saturated heterocycles. The van der Waals surface area contributed by atoms with E-state index in [1.54, 1.807) is 0 Å². The van der Waals surface area contributed by atoms with Crippen LogP contribution in [-0.2, 0) is 0 Å². The van der Waals surface area contributed by atoms with Gasteiger partial charge in [0, 0.05) is 13.6 Å². The third-order valence-corrected chi connectivity index (χ3v) is 3.57.